The summed E-state index contributed by atoms with van der Waals surface area (Å²) in [6.07, 6.45) is 0.510. The molecule has 0 saturated carbocycles. The fourth-order valence-corrected chi connectivity index (χ4v) is 6.03. The van der Waals surface area contributed by atoms with E-state index in [1.807, 2.05) is 67.7 Å². The van der Waals surface area contributed by atoms with Gasteiger partial charge in [0.1, 0.15) is 5.82 Å². The number of sulfone groups is 1. The molecule has 1 aliphatic rings. The van der Waals surface area contributed by atoms with E-state index in [9.17, 15) is 13.2 Å². The summed E-state index contributed by atoms with van der Waals surface area (Å²) in [6.45, 7) is 6.61. The number of carbonyl (C=O) groups excluding carboxylic acids is 1. The molecule has 10 heteroatoms. The molecule has 1 aliphatic heterocycles. The molecule has 9 nitrogen and oxygen atoms in total. The summed E-state index contributed by atoms with van der Waals surface area (Å²) in [6, 6.07) is 11.5. The summed E-state index contributed by atoms with van der Waals surface area (Å²) < 4.78 is 27.3. The van der Waals surface area contributed by atoms with Crippen LogP contribution < -0.4 is 5.32 Å². The highest BCUT2D eigenvalue weighted by molar-refractivity contribution is 7.91. The molecule has 176 valence electrons. The second-order valence-electron chi connectivity index (χ2n) is 8.79. The summed E-state index contributed by atoms with van der Waals surface area (Å²) >= 11 is 0. The first kappa shape index (κ1) is 23.2. The van der Waals surface area contributed by atoms with E-state index in [1.165, 1.54) is 0 Å². The number of aryl methyl sites for hydroxylation is 2. The van der Waals surface area contributed by atoms with Crippen LogP contribution in [0.5, 0.6) is 0 Å². The number of hydrogen-bond acceptors (Lipinski definition) is 6. The van der Waals surface area contributed by atoms with Gasteiger partial charge in [-0.2, -0.15) is 10.2 Å². The van der Waals surface area contributed by atoms with Gasteiger partial charge in [0.05, 0.1) is 41.2 Å². The average molecular weight is 471 g/mol. The number of nitrogens with zero attached hydrogens (tertiary/aromatic N) is 5. The predicted molar refractivity (Wildman–Crippen MR) is 127 cm³/mol. The van der Waals surface area contributed by atoms with Gasteiger partial charge in [-0.3, -0.25) is 9.69 Å². The SMILES string of the molecule is Cc1cc(NC(=O)CN(C)Cc2c(C)nn(-c3ccccc3)c2C)n(C2CCS(=O)(=O)C2)n1. The Kier molecular flexibility index (Phi) is 6.40. The van der Waals surface area contributed by atoms with Gasteiger partial charge >= 0.3 is 0 Å². The first-order chi connectivity index (χ1) is 15.6. The molecule has 2 aromatic heterocycles. The Morgan fingerprint density at radius 1 is 1.18 bits per heavy atom. The van der Waals surface area contributed by atoms with Crippen LogP contribution in [0.15, 0.2) is 36.4 Å². The Labute approximate surface area is 194 Å². The Hall–Kier alpha value is -2.98. The lowest BCUT2D eigenvalue weighted by Crippen LogP contribution is -2.31. The Balaban J connectivity index is 1.42. The van der Waals surface area contributed by atoms with Gasteiger partial charge in [-0.15, -0.1) is 0 Å². The molecule has 4 rings (SSSR count). The molecule has 0 aliphatic carbocycles. The van der Waals surface area contributed by atoms with Crippen LogP contribution in [0.2, 0.25) is 0 Å². The van der Waals surface area contributed by atoms with Crippen molar-refractivity contribution in [3.05, 3.63) is 59.0 Å². The average Bonchev–Trinajstić information content (AvgIpc) is 3.38. The lowest BCUT2D eigenvalue weighted by atomic mass is 10.2. The topological polar surface area (TPSA) is 102 Å². The maximum Gasteiger partial charge on any atom is 0.239 e. The zero-order valence-corrected chi connectivity index (χ0v) is 20.3. The molecule has 0 spiro atoms. The molecule has 33 heavy (non-hydrogen) atoms. The molecule has 1 atom stereocenters. The van der Waals surface area contributed by atoms with E-state index in [0.717, 1.165) is 28.3 Å². The molecule has 3 heterocycles. The van der Waals surface area contributed by atoms with Crippen molar-refractivity contribution in [2.45, 2.75) is 39.8 Å². The molecule has 1 N–H and O–H groups in total. The highest BCUT2D eigenvalue weighted by Crippen LogP contribution is 2.27. The van der Waals surface area contributed by atoms with E-state index in [1.54, 1.807) is 10.7 Å². The van der Waals surface area contributed by atoms with Crippen LogP contribution >= 0.6 is 0 Å². The zero-order valence-electron chi connectivity index (χ0n) is 19.4. The van der Waals surface area contributed by atoms with Crippen LogP contribution in [-0.2, 0) is 21.2 Å². The van der Waals surface area contributed by atoms with Gasteiger partial charge in [-0.25, -0.2) is 17.8 Å². The van der Waals surface area contributed by atoms with Crippen LogP contribution in [0.3, 0.4) is 0 Å². The van der Waals surface area contributed by atoms with Crippen LogP contribution in [0.4, 0.5) is 5.82 Å². The van der Waals surface area contributed by atoms with Crippen molar-refractivity contribution < 1.29 is 13.2 Å². The minimum absolute atomic E-state index is 0.0564. The van der Waals surface area contributed by atoms with E-state index in [-0.39, 0.29) is 30.0 Å². The van der Waals surface area contributed by atoms with Crippen LogP contribution in [0.25, 0.3) is 5.69 Å². The molecule has 0 bridgehead atoms. The highest BCUT2D eigenvalue weighted by Gasteiger charge is 2.31. The summed E-state index contributed by atoms with van der Waals surface area (Å²) in [5.41, 5.74) is 4.80. The van der Waals surface area contributed by atoms with Gasteiger partial charge in [0, 0.05) is 23.9 Å². The highest BCUT2D eigenvalue weighted by atomic mass is 32.2. The van der Waals surface area contributed by atoms with Crippen LogP contribution in [-0.4, -0.2) is 63.9 Å². The van der Waals surface area contributed by atoms with E-state index in [2.05, 4.69) is 15.5 Å². The fraction of sp³-hybridized carbons (Fsp3) is 0.435. The van der Waals surface area contributed by atoms with Gasteiger partial charge in [0.15, 0.2) is 9.84 Å². The number of amides is 1. The van der Waals surface area contributed by atoms with Gasteiger partial charge < -0.3 is 5.32 Å². The molecular weight excluding hydrogens is 440 g/mol. The van der Waals surface area contributed by atoms with Crippen molar-refractivity contribution >= 4 is 21.6 Å². The third-order valence-corrected chi connectivity index (χ3v) is 7.71. The lowest BCUT2D eigenvalue weighted by Gasteiger charge is -2.18. The van der Waals surface area contributed by atoms with Crippen molar-refractivity contribution in [2.75, 3.05) is 30.4 Å². The molecular formula is C23H30N6O3S. The van der Waals surface area contributed by atoms with Crippen LogP contribution in [0, 0.1) is 20.8 Å². The second-order valence-corrected chi connectivity index (χ2v) is 11.0. The largest absolute Gasteiger partial charge is 0.310 e. The lowest BCUT2D eigenvalue weighted by molar-refractivity contribution is -0.117. The number of carbonyl (C=O) groups is 1. The monoisotopic (exact) mass is 470 g/mol. The van der Waals surface area contributed by atoms with Gasteiger partial charge in [0.2, 0.25) is 5.91 Å². The molecule has 1 saturated heterocycles. The predicted octanol–water partition coefficient (Wildman–Crippen LogP) is 2.42. The van der Waals surface area contributed by atoms with Crippen LogP contribution in [0.1, 0.15) is 35.1 Å². The molecule has 1 aromatic carbocycles. The number of rotatable bonds is 7. The maximum atomic E-state index is 12.8. The molecule has 3 aromatic rings. The molecule has 1 amide bonds. The van der Waals surface area contributed by atoms with E-state index in [4.69, 9.17) is 0 Å². The first-order valence-corrected chi connectivity index (χ1v) is 12.8. The third kappa shape index (κ3) is 5.17. The van der Waals surface area contributed by atoms with Gasteiger partial charge in [-0.05, 0) is 46.4 Å². The Morgan fingerprint density at radius 2 is 1.91 bits per heavy atom. The molecule has 1 unspecified atom stereocenters. The Bertz CT molecular complexity index is 1260. The van der Waals surface area contributed by atoms with E-state index in [0.29, 0.717) is 18.8 Å². The van der Waals surface area contributed by atoms with E-state index < -0.39 is 9.84 Å². The van der Waals surface area contributed by atoms with E-state index >= 15 is 0 Å². The first-order valence-electron chi connectivity index (χ1n) is 11.0. The number of benzene rings is 1. The standard InChI is InChI=1S/C23H30N6O3S/c1-16-12-22(29(25-16)20-10-11-33(31,32)15-20)24-23(30)14-27(4)13-21-17(2)26-28(18(21)3)19-8-6-5-7-9-19/h5-9,12,20H,10-11,13-15H2,1-4H3,(H,24,30). The number of nitrogens with one attached hydrogen (secondary N) is 1. The maximum absolute atomic E-state index is 12.8. The number of hydrogen-bond donors (Lipinski definition) is 1. The van der Waals surface area contributed by atoms with Gasteiger partial charge in [-0.1, -0.05) is 18.2 Å². The smallest absolute Gasteiger partial charge is 0.239 e. The fourth-order valence-electron chi connectivity index (χ4n) is 4.33. The number of para-hydroxylation sites is 1. The number of likely N-dealkylation sites (N-methyl/N-ethyl adjacent to an activating group) is 1. The van der Waals surface area contributed by atoms with Crippen molar-refractivity contribution in [1.29, 1.82) is 0 Å². The van der Waals surface area contributed by atoms with Crippen molar-refractivity contribution in [3.8, 4) is 5.69 Å². The summed E-state index contributed by atoms with van der Waals surface area (Å²) in [5, 5.41) is 12.0. The van der Waals surface area contributed by atoms with Crippen molar-refractivity contribution in [3.63, 3.8) is 0 Å². The number of anilines is 1. The third-order valence-electron chi connectivity index (χ3n) is 5.96. The Morgan fingerprint density at radius 3 is 2.58 bits per heavy atom. The minimum atomic E-state index is -3.05. The number of aromatic nitrogens is 4. The van der Waals surface area contributed by atoms with Gasteiger partial charge in [0.25, 0.3) is 0 Å². The molecule has 1 fully saturated rings. The quantitative estimate of drug-likeness (QED) is 0.569. The van der Waals surface area contributed by atoms with Crippen molar-refractivity contribution in [1.82, 2.24) is 24.5 Å². The summed E-state index contributed by atoms with van der Waals surface area (Å²) in [5.74, 6) is 0.575. The minimum Gasteiger partial charge on any atom is -0.310 e. The normalized spacial score (nSPS) is 17.5. The molecule has 0 radical (unpaired) electrons. The zero-order chi connectivity index (χ0) is 23.8. The second kappa shape index (κ2) is 9.11. The summed E-state index contributed by atoms with van der Waals surface area (Å²) in [4.78, 5) is 14.7. The van der Waals surface area contributed by atoms with Crippen molar-refractivity contribution in [2.24, 2.45) is 0 Å². The summed E-state index contributed by atoms with van der Waals surface area (Å²) in [7, 11) is -1.16.